The van der Waals surface area contributed by atoms with E-state index in [1.807, 2.05) is 0 Å². The third kappa shape index (κ3) is 3.47. The normalized spacial score (nSPS) is 32.6. The molecule has 9 nitrogen and oxygen atoms in total. The van der Waals surface area contributed by atoms with Gasteiger partial charge in [-0.1, -0.05) is 16.8 Å². The average Bonchev–Trinajstić information content (AvgIpc) is 3.63. The Morgan fingerprint density at radius 2 is 1.83 bits per heavy atom. The van der Waals surface area contributed by atoms with Gasteiger partial charge in [0, 0.05) is 38.3 Å². The highest BCUT2D eigenvalue weighted by molar-refractivity contribution is 6.40. The van der Waals surface area contributed by atoms with E-state index in [2.05, 4.69) is 15.5 Å². The number of oxime groups is 1. The van der Waals surface area contributed by atoms with Gasteiger partial charge >= 0.3 is 6.18 Å². The van der Waals surface area contributed by atoms with E-state index in [0.29, 0.717) is 31.4 Å². The summed E-state index contributed by atoms with van der Waals surface area (Å²) in [5.74, 6) is -2.35. The van der Waals surface area contributed by atoms with E-state index in [1.54, 1.807) is 4.90 Å². The molecular weight excluding hydrogens is 503 g/mol. The highest BCUT2D eigenvalue weighted by atomic mass is 35.5. The number of imide groups is 1. The lowest BCUT2D eigenvalue weighted by atomic mass is 9.72. The first kappa shape index (κ1) is 23.5. The van der Waals surface area contributed by atoms with E-state index < -0.39 is 23.6 Å². The van der Waals surface area contributed by atoms with Crippen molar-refractivity contribution in [2.24, 2.45) is 34.7 Å². The van der Waals surface area contributed by atoms with Crippen molar-refractivity contribution in [3.8, 4) is 0 Å². The van der Waals surface area contributed by atoms with Crippen LogP contribution in [0.4, 0.5) is 19.0 Å². The van der Waals surface area contributed by atoms with Gasteiger partial charge in [0.2, 0.25) is 11.8 Å². The number of aromatic nitrogens is 1. The fourth-order valence-electron chi connectivity index (χ4n) is 6.67. The minimum Gasteiger partial charge on any atom is -0.391 e. The summed E-state index contributed by atoms with van der Waals surface area (Å²) in [5, 5.41) is 6.70. The Morgan fingerprint density at radius 3 is 2.50 bits per heavy atom. The molecule has 5 aliphatic rings. The van der Waals surface area contributed by atoms with Crippen molar-refractivity contribution < 1.29 is 32.4 Å². The Kier molecular flexibility index (Phi) is 5.43. The Balaban J connectivity index is 1.12. The third-order valence-corrected chi connectivity index (χ3v) is 8.48. The van der Waals surface area contributed by atoms with Crippen LogP contribution in [-0.4, -0.2) is 70.5 Å². The van der Waals surface area contributed by atoms with E-state index in [4.69, 9.17) is 16.4 Å². The molecule has 0 spiro atoms. The first-order chi connectivity index (χ1) is 17.2. The van der Waals surface area contributed by atoms with Gasteiger partial charge in [0.15, 0.2) is 5.71 Å². The second-order valence-corrected chi connectivity index (χ2v) is 10.4. The fourth-order valence-corrected chi connectivity index (χ4v) is 6.91. The summed E-state index contributed by atoms with van der Waals surface area (Å²) in [6.45, 7) is 1.47. The molecule has 4 fully saturated rings. The molecule has 36 heavy (non-hydrogen) atoms. The number of hydrogen-bond acceptors (Lipinski definition) is 7. The molecule has 2 saturated heterocycles. The molecule has 3 amide bonds. The second kappa shape index (κ2) is 8.32. The zero-order chi connectivity index (χ0) is 25.4. The molecule has 2 bridgehead atoms. The molecule has 4 heterocycles. The predicted octanol–water partition coefficient (Wildman–Crippen LogP) is 2.41. The van der Waals surface area contributed by atoms with Gasteiger partial charge < -0.3 is 15.1 Å². The van der Waals surface area contributed by atoms with Gasteiger partial charge in [-0.25, -0.2) is 4.98 Å². The highest BCUT2D eigenvalue weighted by Gasteiger charge is 2.70. The van der Waals surface area contributed by atoms with Crippen molar-refractivity contribution in [3.05, 3.63) is 22.8 Å². The molecule has 192 valence electrons. The van der Waals surface area contributed by atoms with Gasteiger partial charge in [0.25, 0.3) is 5.91 Å². The second-order valence-electron chi connectivity index (χ2n) is 9.99. The molecular formula is C23H23ClF3N5O4. The SMILES string of the molecule is O=C(C1=NO[C@@H]2[C@H]3C[C@H]([C@@H]12)[C@@H]1C(=O)N(CCNc2ncc(C(F)(F)F)cc2Cl)C(=O)[C@@H]31)N1CCCC1. The average molecular weight is 526 g/mol. The predicted molar refractivity (Wildman–Crippen MR) is 120 cm³/mol. The van der Waals surface area contributed by atoms with Gasteiger partial charge in [-0.15, -0.1) is 0 Å². The minimum absolute atomic E-state index is 0.0208. The van der Waals surface area contributed by atoms with Crippen LogP contribution < -0.4 is 5.32 Å². The number of pyridine rings is 1. The van der Waals surface area contributed by atoms with E-state index in [9.17, 15) is 27.6 Å². The Bertz CT molecular complexity index is 1170. The van der Waals surface area contributed by atoms with E-state index in [-0.39, 0.29) is 65.5 Å². The Morgan fingerprint density at radius 1 is 1.14 bits per heavy atom. The van der Waals surface area contributed by atoms with Crippen molar-refractivity contribution >= 4 is 40.9 Å². The highest BCUT2D eigenvalue weighted by Crippen LogP contribution is 2.61. The van der Waals surface area contributed by atoms with Crippen molar-refractivity contribution in [1.82, 2.24) is 14.8 Å². The Labute approximate surface area is 209 Å². The standard InChI is InChI=1S/C23H23ClF3N5O4/c24-13-7-10(23(25,26)27)9-29-19(13)28-3-6-32-20(33)14-11-8-12(15(14)21(32)34)18-16(11)17(30-36-18)22(35)31-4-1-2-5-31/h7,9,11-12,14-16,18H,1-6,8H2,(H,28,29)/t11-,12-,14-,15-,16-,18+/m0/s1. The van der Waals surface area contributed by atoms with Gasteiger partial charge in [0.05, 0.1) is 28.3 Å². The number of nitrogens with one attached hydrogen (secondary N) is 1. The number of hydrogen-bond donors (Lipinski definition) is 1. The monoisotopic (exact) mass is 525 g/mol. The van der Waals surface area contributed by atoms with E-state index >= 15 is 0 Å². The van der Waals surface area contributed by atoms with Crippen molar-refractivity contribution in [3.63, 3.8) is 0 Å². The molecule has 6 rings (SSSR count). The lowest BCUT2D eigenvalue weighted by Crippen LogP contribution is -2.45. The fraction of sp³-hybridized carbons (Fsp3) is 0.609. The minimum atomic E-state index is -4.56. The third-order valence-electron chi connectivity index (χ3n) is 8.19. The smallest absolute Gasteiger partial charge is 0.391 e. The van der Waals surface area contributed by atoms with Gasteiger partial charge in [0.1, 0.15) is 11.9 Å². The van der Waals surface area contributed by atoms with Gasteiger partial charge in [-0.3, -0.25) is 19.3 Å². The number of likely N-dealkylation sites (tertiary alicyclic amines) is 2. The Hall–Kier alpha value is -2.89. The zero-order valence-electron chi connectivity index (χ0n) is 19.0. The summed E-state index contributed by atoms with van der Waals surface area (Å²) in [4.78, 5) is 51.9. The number of anilines is 1. The zero-order valence-corrected chi connectivity index (χ0v) is 19.8. The maximum atomic E-state index is 13.3. The number of amides is 3. The van der Waals surface area contributed by atoms with Crippen molar-refractivity contribution in [2.45, 2.75) is 31.5 Å². The van der Waals surface area contributed by atoms with Crippen LogP contribution in [0.1, 0.15) is 24.8 Å². The summed E-state index contributed by atoms with van der Waals surface area (Å²) in [7, 11) is 0. The summed E-state index contributed by atoms with van der Waals surface area (Å²) in [5.41, 5.74) is -0.596. The van der Waals surface area contributed by atoms with Crippen LogP contribution in [0.2, 0.25) is 5.02 Å². The van der Waals surface area contributed by atoms with Crippen LogP contribution in [0, 0.1) is 29.6 Å². The van der Waals surface area contributed by atoms with Crippen LogP contribution in [-0.2, 0) is 25.4 Å². The molecule has 1 aromatic rings. The number of rotatable bonds is 5. The number of fused-ring (bicyclic) bond motifs is 8. The number of alkyl halides is 3. The van der Waals surface area contributed by atoms with E-state index in [0.717, 1.165) is 18.9 Å². The van der Waals surface area contributed by atoms with Crippen molar-refractivity contribution in [1.29, 1.82) is 0 Å². The summed E-state index contributed by atoms with van der Waals surface area (Å²) >= 11 is 5.92. The quantitative estimate of drug-likeness (QED) is 0.592. The summed E-state index contributed by atoms with van der Waals surface area (Å²) < 4.78 is 38.4. The maximum Gasteiger partial charge on any atom is 0.417 e. The summed E-state index contributed by atoms with van der Waals surface area (Å²) in [6.07, 6.45) is -1.72. The van der Waals surface area contributed by atoms with Gasteiger partial charge in [-0.2, -0.15) is 13.2 Å². The van der Waals surface area contributed by atoms with Crippen LogP contribution >= 0.6 is 11.6 Å². The summed E-state index contributed by atoms with van der Waals surface area (Å²) in [6, 6.07) is 0.770. The molecule has 2 saturated carbocycles. The molecule has 0 aromatic carbocycles. The molecule has 1 aromatic heterocycles. The molecule has 6 atom stereocenters. The lowest BCUT2D eigenvalue weighted by molar-refractivity contribution is -0.141. The first-order valence-electron chi connectivity index (χ1n) is 12.0. The number of carbonyl (C=O) groups is 3. The topological polar surface area (TPSA) is 104 Å². The largest absolute Gasteiger partial charge is 0.417 e. The van der Waals surface area contributed by atoms with Crippen LogP contribution in [0.3, 0.4) is 0 Å². The maximum absolute atomic E-state index is 13.3. The number of carbonyl (C=O) groups excluding carboxylic acids is 3. The molecule has 13 heteroatoms. The van der Waals surface area contributed by atoms with Gasteiger partial charge in [-0.05, 0) is 31.2 Å². The van der Waals surface area contributed by atoms with E-state index in [1.165, 1.54) is 4.90 Å². The lowest BCUT2D eigenvalue weighted by Gasteiger charge is -2.30. The molecule has 0 unspecified atom stereocenters. The van der Waals surface area contributed by atoms with Crippen molar-refractivity contribution in [2.75, 3.05) is 31.5 Å². The van der Waals surface area contributed by atoms with Crippen LogP contribution in [0.25, 0.3) is 0 Å². The molecule has 3 aliphatic heterocycles. The number of halogens is 4. The van der Waals surface area contributed by atoms with Crippen LogP contribution in [0.5, 0.6) is 0 Å². The molecule has 0 radical (unpaired) electrons. The van der Waals surface area contributed by atoms with Crippen LogP contribution in [0.15, 0.2) is 17.4 Å². The first-order valence-corrected chi connectivity index (χ1v) is 12.4. The number of nitrogens with zero attached hydrogens (tertiary/aromatic N) is 4. The molecule has 1 N–H and O–H groups in total. The molecule has 2 aliphatic carbocycles.